The van der Waals surface area contributed by atoms with Crippen LogP contribution in [0.15, 0.2) is 42.5 Å². The van der Waals surface area contributed by atoms with Gasteiger partial charge >= 0.3 is 0 Å². The fraction of sp³-hybridized carbons (Fsp3) is 0.238. The number of hydrogen-bond donors (Lipinski definition) is 1. The van der Waals surface area contributed by atoms with Gasteiger partial charge in [-0.1, -0.05) is 30.4 Å². The van der Waals surface area contributed by atoms with Crippen molar-refractivity contribution >= 4 is 27.9 Å². The van der Waals surface area contributed by atoms with E-state index in [0.717, 1.165) is 34.2 Å². The topological polar surface area (TPSA) is 90.6 Å². The molecule has 2 heterocycles. The van der Waals surface area contributed by atoms with Gasteiger partial charge in [0.05, 0.1) is 14.2 Å². The fourth-order valence-electron chi connectivity index (χ4n) is 3.06. The zero-order valence-corrected chi connectivity index (χ0v) is 17.7. The normalized spacial score (nSPS) is 10.9. The minimum atomic E-state index is -0.239. The smallest absolute Gasteiger partial charge is 0.255 e. The number of hydrogen-bond acceptors (Lipinski definition) is 7. The highest BCUT2D eigenvalue weighted by atomic mass is 32.1. The monoisotopic (exact) mass is 423 g/mol. The molecule has 30 heavy (non-hydrogen) atoms. The molecule has 4 rings (SSSR count). The lowest BCUT2D eigenvalue weighted by Gasteiger charge is -2.10. The number of benzene rings is 2. The number of nitrogens with one attached hydrogen (secondary N) is 1. The van der Waals surface area contributed by atoms with E-state index in [4.69, 9.17) is 9.47 Å². The minimum Gasteiger partial charge on any atom is -0.493 e. The molecule has 0 saturated heterocycles. The van der Waals surface area contributed by atoms with Crippen molar-refractivity contribution in [3.05, 3.63) is 53.9 Å². The number of methoxy groups -OCH3 is 2. The maximum Gasteiger partial charge on any atom is 0.255 e. The van der Waals surface area contributed by atoms with Crippen LogP contribution in [0.1, 0.15) is 29.5 Å². The molecule has 0 aliphatic rings. The van der Waals surface area contributed by atoms with Gasteiger partial charge < -0.3 is 14.8 Å². The third kappa shape index (κ3) is 3.84. The summed E-state index contributed by atoms with van der Waals surface area (Å²) in [5, 5.41) is 16.8. The Morgan fingerprint density at radius 1 is 1.10 bits per heavy atom. The molecule has 1 N–H and O–H groups in total. The fourth-order valence-corrected chi connectivity index (χ4v) is 3.92. The van der Waals surface area contributed by atoms with Gasteiger partial charge in [0.15, 0.2) is 17.3 Å². The van der Waals surface area contributed by atoms with Crippen molar-refractivity contribution < 1.29 is 14.3 Å². The van der Waals surface area contributed by atoms with Gasteiger partial charge in [0, 0.05) is 23.2 Å². The first-order chi connectivity index (χ1) is 14.6. The predicted molar refractivity (Wildman–Crippen MR) is 116 cm³/mol. The Morgan fingerprint density at radius 2 is 1.93 bits per heavy atom. The summed E-state index contributed by atoms with van der Waals surface area (Å²) in [5.41, 5.74) is 2.05. The summed E-state index contributed by atoms with van der Waals surface area (Å²) in [6.45, 7) is 2.10. The molecule has 0 unspecified atom stereocenters. The van der Waals surface area contributed by atoms with Gasteiger partial charge in [0.2, 0.25) is 4.96 Å². The summed E-state index contributed by atoms with van der Waals surface area (Å²) in [5.74, 6) is 1.69. The summed E-state index contributed by atoms with van der Waals surface area (Å²) >= 11 is 1.47. The van der Waals surface area contributed by atoms with Gasteiger partial charge in [-0.3, -0.25) is 4.79 Å². The first-order valence-electron chi connectivity index (χ1n) is 9.48. The van der Waals surface area contributed by atoms with Gasteiger partial charge in [-0.2, -0.15) is 9.61 Å². The van der Waals surface area contributed by atoms with Crippen LogP contribution in [0.5, 0.6) is 11.5 Å². The average molecular weight is 423 g/mol. The number of carbonyl (C=O) groups is 1. The van der Waals surface area contributed by atoms with E-state index in [1.807, 2.05) is 24.3 Å². The number of fused-ring (bicyclic) bond motifs is 1. The van der Waals surface area contributed by atoms with E-state index in [9.17, 15) is 4.79 Å². The van der Waals surface area contributed by atoms with Crippen molar-refractivity contribution in [3.63, 3.8) is 0 Å². The Hall–Kier alpha value is -3.46. The third-order valence-corrected chi connectivity index (χ3v) is 5.49. The highest BCUT2D eigenvalue weighted by molar-refractivity contribution is 7.19. The molecule has 0 radical (unpaired) electrons. The number of amides is 1. The molecule has 0 saturated carbocycles. The standard InChI is InChI=1S/C21H21N5O3S/c1-4-6-18-23-24-21-26(18)25-20(30-21)14-7-5-8-15(11-14)22-19(27)13-9-10-16(28-2)17(12-13)29-3/h5,7-12H,4,6H2,1-3H3,(H,22,27). The Bertz CT molecular complexity index is 1200. The van der Waals surface area contributed by atoms with Crippen molar-refractivity contribution in [2.45, 2.75) is 19.8 Å². The van der Waals surface area contributed by atoms with Crippen molar-refractivity contribution in [2.75, 3.05) is 19.5 Å². The number of ether oxygens (including phenoxy) is 2. The maximum atomic E-state index is 12.7. The van der Waals surface area contributed by atoms with Crippen LogP contribution in [0.25, 0.3) is 15.5 Å². The molecule has 4 aromatic rings. The molecule has 9 heteroatoms. The van der Waals surface area contributed by atoms with Crippen molar-refractivity contribution in [3.8, 4) is 22.1 Å². The number of anilines is 1. The van der Waals surface area contributed by atoms with E-state index < -0.39 is 0 Å². The van der Waals surface area contributed by atoms with Gasteiger partial charge in [0.25, 0.3) is 5.91 Å². The minimum absolute atomic E-state index is 0.239. The summed E-state index contributed by atoms with van der Waals surface area (Å²) in [4.78, 5) is 13.5. The van der Waals surface area contributed by atoms with Crippen LogP contribution in [-0.2, 0) is 6.42 Å². The molecule has 0 atom stereocenters. The van der Waals surface area contributed by atoms with E-state index in [1.54, 1.807) is 29.8 Å². The highest BCUT2D eigenvalue weighted by Gasteiger charge is 2.14. The molecule has 2 aromatic carbocycles. The zero-order chi connectivity index (χ0) is 21.1. The van der Waals surface area contributed by atoms with Crippen LogP contribution in [0.3, 0.4) is 0 Å². The first-order valence-corrected chi connectivity index (χ1v) is 10.3. The molecule has 0 fully saturated rings. The van der Waals surface area contributed by atoms with E-state index in [2.05, 4.69) is 27.5 Å². The second-order valence-electron chi connectivity index (χ2n) is 6.57. The lowest BCUT2D eigenvalue weighted by molar-refractivity contribution is 0.102. The number of aryl methyl sites for hydroxylation is 1. The van der Waals surface area contributed by atoms with E-state index in [1.165, 1.54) is 18.4 Å². The second kappa shape index (κ2) is 8.50. The molecule has 154 valence electrons. The summed E-state index contributed by atoms with van der Waals surface area (Å²) in [6.07, 6.45) is 1.80. The van der Waals surface area contributed by atoms with Crippen LogP contribution in [0.4, 0.5) is 5.69 Å². The van der Waals surface area contributed by atoms with Crippen molar-refractivity contribution in [2.24, 2.45) is 0 Å². The highest BCUT2D eigenvalue weighted by Crippen LogP contribution is 2.29. The van der Waals surface area contributed by atoms with E-state index in [0.29, 0.717) is 22.7 Å². The quantitative estimate of drug-likeness (QED) is 0.482. The SMILES string of the molecule is CCCc1nnc2sc(-c3cccc(NC(=O)c4ccc(OC)c(OC)c4)c3)nn12. The Labute approximate surface area is 177 Å². The van der Waals surface area contributed by atoms with Gasteiger partial charge in [-0.25, -0.2) is 0 Å². The third-order valence-electron chi connectivity index (χ3n) is 4.54. The molecular formula is C21H21N5O3S. The Kier molecular flexibility index (Phi) is 5.62. The molecule has 0 aliphatic carbocycles. The van der Waals surface area contributed by atoms with Crippen LogP contribution >= 0.6 is 11.3 Å². The molecule has 8 nitrogen and oxygen atoms in total. The van der Waals surface area contributed by atoms with Crippen LogP contribution in [0, 0.1) is 0 Å². The number of carbonyl (C=O) groups excluding carboxylic acids is 1. The zero-order valence-electron chi connectivity index (χ0n) is 16.9. The largest absolute Gasteiger partial charge is 0.493 e. The number of aromatic nitrogens is 4. The molecule has 0 bridgehead atoms. The lowest BCUT2D eigenvalue weighted by Crippen LogP contribution is -2.12. The first kappa shape index (κ1) is 19.8. The molecule has 2 aromatic heterocycles. The molecule has 0 aliphatic heterocycles. The van der Waals surface area contributed by atoms with Crippen molar-refractivity contribution in [1.82, 2.24) is 19.8 Å². The predicted octanol–water partition coefficient (Wildman–Crippen LogP) is 4.07. The van der Waals surface area contributed by atoms with E-state index >= 15 is 0 Å². The average Bonchev–Trinajstić information content (AvgIpc) is 3.35. The Morgan fingerprint density at radius 3 is 2.70 bits per heavy atom. The second-order valence-corrected chi connectivity index (χ2v) is 7.53. The van der Waals surface area contributed by atoms with Gasteiger partial charge in [-0.15, -0.1) is 10.2 Å². The number of rotatable bonds is 7. The Balaban J connectivity index is 1.57. The van der Waals surface area contributed by atoms with Gasteiger partial charge in [0.1, 0.15) is 5.01 Å². The summed E-state index contributed by atoms with van der Waals surface area (Å²) < 4.78 is 12.3. The van der Waals surface area contributed by atoms with Crippen LogP contribution in [-0.4, -0.2) is 39.9 Å². The van der Waals surface area contributed by atoms with E-state index in [-0.39, 0.29) is 5.91 Å². The van der Waals surface area contributed by atoms with Gasteiger partial charge in [-0.05, 0) is 36.8 Å². The maximum absolute atomic E-state index is 12.7. The molecular weight excluding hydrogens is 402 g/mol. The van der Waals surface area contributed by atoms with Crippen LogP contribution in [0.2, 0.25) is 0 Å². The summed E-state index contributed by atoms with van der Waals surface area (Å²) in [7, 11) is 3.09. The summed E-state index contributed by atoms with van der Waals surface area (Å²) in [6, 6.07) is 12.6. The number of nitrogens with zero attached hydrogens (tertiary/aromatic N) is 4. The molecule has 1 amide bonds. The lowest BCUT2D eigenvalue weighted by atomic mass is 10.1. The molecule has 0 spiro atoms. The van der Waals surface area contributed by atoms with Crippen molar-refractivity contribution in [1.29, 1.82) is 0 Å². The van der Waals surface area contributed by atoms with Crippen LogP contribution < -0.4 is 14.8 Å².